The molecule has 3 heterocycles. The summed E-state index contributed by atoms with van der Waals surface area (Å²) in [5.41, 5.74) is 2.17. The van der Waals surface area contributed by atoms with Crippen molar-refractivity contribution in [2.45, 2.75) is 18.8 Å². The summed E-state index contributed by atoms with van der Waals surface area (Å²) in [4.78, 5) is 16.4. The molecule has 112 valence electrons. The molecule has 6 nitrogen and oxygen atoms in total. The lowest BCUT2D eigenvalue weighted by atomic mass is 9.97. The summed E-state index contributed by atoms with van der Waals surface area (Å²) in [6.45, 7) is 1.53. The van der Waals surface area contributed by atoms with Gasteiger partial charge in [0.05, 0.1) is 25.5 Å². The molecule has 0 radical (unpaired) electrons. The van der Waals surface area contributed by atoms with E-state index < -0.39 is 5.97 Å². The van der Waals surface area contributed by atoms with Crippen LogP contribution >= 0.6 is 0 Å². The molecule has 2 aromatic rings. The molecule has 21 heavy (non-hydrogen) atoms. The first-order valence-corrected chi connectivity index (χ1v) is 6.95. The van der Waals surface area contributed by atoms with Crippen molar-refractivity contribution in [1.82, 2.24) is 9.38 Å². The largest absolute Gasteiger partial charge is 0.493 e. The zero-order chi connectivity index (χ0) is 14.8. The Morgan fingerprint density at radius 1 is 1.33 bits per heavy atom. The van der Waals surface area contributed by atoms with E-state index in [4.69, 9.17) is 14.2 Å². The van der Waals surface area contributed by atoms with E-state index in [-0.39, 0.29) is 0 Å². The van der Waals surface area contributed by atoms with Crippen molar-refractivity contribution in [3.63, 3.8) is 0 Å². The van der Waals surface area contributed by atoms with Crippen LogP contribution < -0.4 is 4.74 Å². The van der Waals surface area contributed by atoms with Gasteiger partial charge < -0.3 is 18.6 Å². The van der Waals surface area contributed by atoms with Gasteiger partial charge in [0.25, 0.3) is 0 Å². The van der Waals surface area contributed by atoms with Crippen LogP contribution in [0.4, 0.5) is 0 Å². The fraction of sp³-hybridized carbons (Fsp3) is 0.467. The Kier molecular flexibility index (Phi) is 3.79. The molecule has 0 bridgehead atoms. The third-order valence-electron chi connectivity index (χ3n) is 3.82. The molecule has 0 amide bonds. The number of carbonyl (C=O) groups excluding carboxylic acids is 1. The maximum atomic E-state index is 11.7. The minimum atomic E-state index is -0.392. The van der Waals surface area contributed by atoms with Crippen LogP contribution in [0.3, 0.4) is 0 Å². The molecular weight excluding hydrogens is 272 g/mol. The first kappa shape index (κ1) is 13.9. The smallest absolute Gasteiger partial charge is 0.339 e. The lowest BCUT2D eigenvalue weighted by Gasteiger charge is -2.19. The molecule has 0 saturated carbocycles. The van der Waals surface area contributed by atoms with Gasteiger partial charge in [0.15, 0.2) is 11.4 Å². The van der Waals surface area contributed by atoms with Crippen LogP contribution in [-0.4, -0.2) is 42.8 Å². The topological polar surface area (TPSA) is 62.1 Å². The molecule has 1 saturated heterocycles. The maximum absolute atomic E-state index is 11.7. The molecule has 3 rings (SSSR count). The fourth-order valence-corrected chi connectivity index (χ4v) is 2.66. The molecule has 0 unspecified atom stereocenters. The van der Waals surface area contributed by atoms with E-state index >= 15 is 0 Å². The van der Waals surface area contributed by atoms with Crippen molar-refractivity contribution >= 4 is 11.6 Å². The lowest BCUT2D eigenvalue weighted by Crippen LogP contribution is -2.14. The van der Waals surface area contributed by atoms with Crippen LogP contribution in [0.2, 0.25) is 0 Å². The summed E-state index contributed by atoms with van der Waals surface area (Å²) in [7, 11) is 2.93. The zero-order valence-corrected chi connectivity index (χ0v) is 12.2. The third-order valence-corrected chi connectivity index (χ3v) is 3.82. The second kappa shape index (κ2) is 5.73. The van der Waals surface area contributed by atoms with Gasteiger partial charge in [-0.2, -0.15) is 0 Å². The molecule has 6 heteroatoms. The van der Waals surface area contributed by atoms with Crippen molar-refractivity contribution < 1.29 is 19.0 Å². The number of esters is 1. The minimum Gasteiger partial charge on any atom is -0.493 e. The van der Waals surface area contributed by atoms with E-state index in [1.807, 2.05) is 10.6 Å². The predicted octanol–water partition coefficient (Wildman–Crippen LogP) is 2.02. The highest BCUT2D eigenvalue weighted by molar-refractivity contribution is 5.90. The lowest BCUT2D eigenvalue weighted by molar-refractivity contribution is 0.0599. The van der Waals surface area contributed by atoms with Crippen molar-refractivity contribution in [3.05, 3.63) is 29.7 Å². The number of hydrogen-bond donors (Lipinski definition) is 0. The van der Waals surface area contributed by atoms with Gasteiger partial charge in [0, 0.05) is 31.5 Å². The Bertz CT molecular complexity index is 659. The minimum absolute atomic E-state index is 0.392. The van der Waals surface area contributed by atoms with Gasteiger partial charge in [0.2, 0.25) is 0 Å². The molecule has 0 atom stereocenters. The number of aromatic nitrogens is 2. The summed E-state index contributed by atoms with van der Waals surface area (Å²) >= 11 is 0. The van der Waals surface area contributed by atoms with Crippen molar-refractivity contribution in [2.75, 3.05) is 27.4 Å². The highest BCUT2D eigenvalue weighted by Gasteiger charge is 2.21. The highest BCUT2D eigenvalue weighted by Crippen LogP contribution is 2.29. The number of rotatable bonds is 3. The second-order valence-corrected chi connectivity index (χ2v) is 5.07. The van der Waals surface area contributed by atoms with Gasteiger partial charge >= 0.3 is 5.97 Å². The SMILES string of the molecule is COC(=O)c1cc(OC)c2nc(C3CCOCC3)cn2c1. The zero-order valence-electron chi connectivity index (χ0n) is 12.2. The monoisotopic (exact) mass is 290 g/mol. The van der Waals surface area contributed by atoms with Gasteiger partial charge in [-0.1, -0.05) is 0 Å². The van der Waals surface area contributed by atoms with Crippen LogP contribution in [0.15, 0.2) is 18.5 Å². The normalized spacial score (nSPS) is 16.1. The van der Waals surface area contributed by atoms with E-state index in [0.29, 0.717) is 22.9 Å². The Morgan fingerprint density at radius 3 is 2.76 bits per heavy atom. The molecule has 0 aliphatic carbocycles. The Hall–Kier alpha value is -2.08. The van der Waals surface area contributed by atoms with Crippen LogP contribution in [0, 0.1) is 0 Å². The summed E-state index contributed by atoms with van der Waals surface area (Å²) < 4.78 is 17.3. The van der Waals surface area contributed by atoms with Gasteiger partial charge in [-0.05, 0) is 18.9 Å². The van der Waals surface area contributed by atoms with E-state index in [1.165, 1.54) is 7.11 Å². The Labute approximate surface area is 122 Å². The number of imidazole rings is 1. The quantitative estimate of drug-likeness (QED) is 0.809. The number of pyridine rings is 1. The van der Waals surface area contributed by atoms with Crippen molar-refractivity contribution in [1.29, 1.82) is 0 Å². The maximum Gasteiger partial charge on any atom is 0.339 e. The average Bonchev–Trinajstić information content (AvgIpc) is 2.98. The standard InChI is InChI=1S/C15H18N2O4/c1-19-13-7-11(15(18)20-2)8-17-9-12(16-14(13)17)10-3-5-21-6-4-10/h7-10H,3-6H2,1-2H3. The Morgan fingerprint density at radius 2 is 2.10 bits per heavy atom. The molecule has 0 spiro atoms. The van der Waals surface area contributed by atoms with Crippen molar-refractivity contribution in [3.8, 4) is 5.75 Å². The summed E-state index contributed by atoms with van der Waals surface area (Å²) in [6.07, 6.45) is 5.62. The molecule has 1 aliphatic heterocycles. The Balaban J connectivity index is 2.04. The number of fused-ring (bicyclic) bond motifs is 1. The third kappa shape index (κ3) is 2.58. The van der Waals surface area contributed by atoms with E-state index in [9.17, 15) is 4.79 Å². The van der Waals surface area contributed by atoms with Crippen LogP contribution in [0.1, 0.15) is 34.8 Å². The number of hydrogen-bond acceptors (Lipinski definition) is 5. The van der Waals surface area contributed by atoms with Gasteiger partial charge in [-0.25, -0.2) is 9.78 Å². The molecule has 1 aliphatic rings. The molecular formula is C15H18N2O4. The van der Waals surface area contributed by atoms with Crippen molar-refractivity contribution in [2.24, 2.45) is 0 Å². The number of methoxy groups -OCH3 is 2. The molecule has 0 aromatic carbocycles. The predicted molar refractivity (Wildman–Crippen MR) is 75.9 cm³/mol. The first-order chi connectivity index (χ1) is 10.2. The molecule has 0 N–H and O–H groups in total. The molecule has 1 fully saturated rings. The van der Waals surface area contributed by atoms with E-state index in [2.05, 4.69) is 4.98 Å². The molecule has 2 aromatic heterocycles. The number of ether oxygens (including phenoxy) is 3. The van der Waals surface area contributed by atoms with E-state index in [0.717, 1.165) is 31.7 Å². The van der Waals surface area contributed by atoms with Crippen LogP contribution in [0.25, 0.3) is 5.65 Å². The second-order valence-electron chi connectivity index (χ2n) is 5.07. The number of nitrogens with zero attached hydrogens (tertiary/aromatic N) is 2. The summed E-state index contributed by atoms with van der Waals surface area (Å²) in [6, 6.07) is 1.65. The fourth-order valence-electron chi connectivity index (χ4n) is 2.66. The average molecular weight is 290 g/mol. The van der Waals surface area contributed by atoms with E-state index in [1.54, 1.807) is 19.4 Å². The first-order valence-electron chi connectivity index (χ1n) is 6.95. The summed E-state index contributed by atoms with van der Waals surface area (Å²) in [5.74, 6) is 0.567. The summed E-state index contributed by atoms with van der Waals surface area (Å²) in [5, 5.41) is 0. The highest BCUT2D eigenvalue weighted by atomic mass is 16.5. The van der Waals surface area contributed by atoms with Gasteiger partial charge in [-0.3, -0.25) is 0 Å². The van der Waals surface area contributed by atoms with Gasteiger partial charge in [-0.15, -0.1) is 0 Å². The van der Waals surface area contributed by atoms with Crippen LogP contribution in [0.5, 0.6) is 5.75 Å². The van der Waals surface area contributed by atoms with Gasteiger partial charge in [0.1, 0.15) is 0 Å². The van der Waals surface area contributed by atoms with Crippen LogP contribution in [-0.2, 0) is 9.47 Å². The number of carbonyl (C=O) groups is 1.